The lowest BCUT2D eigenvalue weighted by Gasteiger charge is -2.34. The Morgan fingerprint density at radius 1 is 0.889 bits per heavy atom. The first-order chi connectivity index (χ1) is 17.5. The van der Waals surface area contributed by atoms with Gasteiger partial charge in [-0.25, -0.2) is 4.79 Å². The number of ether oxygens (including phenoxy) is 1. The highest BCUT2D eigenvalue weighted by Gasteiger charge is 2.24. The van der Waals surface area contributed by atoms with Crippen LogP contribution in [0.5, 0.6) is 0 Å². The van der Waals surface area contributed by atoms with Crippen LogP contribution in [0.1, 0.15) is 84.2 Å². The van der Waals surface area contributed by atoms with E-state index in [1.807, 2.05) is 18.2 Å². The van der Waals surface area contributed by atoms with Crippen LogP contribution in [0.4, 0.5) is 0 Å². The molecule has 1 aliphatic heterocycles. The first kappa shape index (κ1) is 26.1. The van der Waals surface area contributed by atoms with E-state index < -0.39 is 5.97 Å². The maximum atomic E-state index is 11.7. The van der Waals surface area contributed by atoms with Crippen molar-refractivity contribution >= 4 is 5.97 Å². The van der Waals surface area contributed by atoms with Crippen molar-refractivity contribution in [2.45, 2.75) is 64.1 Å². The van der Waals surface area contributed by atoms with Gasteiger partial charge in [0.25, 0.3) is 0 Å². The van der Waals surface area contributed by atoms with E-state index in [2.05, 4.69) is 73.3 Å². The summed E-state index contributed by atoms with van der Waals surface area (Å²) >= 11 is 0. The predicted molar refractivity (Wildman–Crippen MR) is 146 cm³/mol. The molecule has 4 heteroatoms. The summed E-state index contributed by atoms with van der Waals surface area (Å²) < 4.78 is 6.68. The molecule has 0 spiro atoms. The smallest absolute Gasteiger partial charge is 0.335 e. The number of nitrogens with zero attached hydrogens (tertiary/aromatic N) is 1. The van der Waals surface area contributed by atoms with Crippen molar-refractivity contribution in [1.29, 1.82) is 0 Å². The summed E-state index contributed by atoms with van der Waals surface area (Å²) in [5, 5.41) is 9.57. The largest absolute Gasteiger partial charge is 0.478 e. The maximum Gasteiger partial charge on any atom is 0.335 e. The Morgan fingerprint density at radius 2 is 1.50 bits per heavy atom. The van der Waals surface area contributed by atoms with Gasteiger partial charge in [-0.2, -0.15) is 0 Å². The second kappa shape index (κ2) is 12.8. The molecule has 3 aromatic carbocycles. The number of likely N-dealkylation sites (tertiary alicyclic amines) is 1. The highest BCUT2D eigenvalue weighted by molar-refractivity contribution is 5.89. The monoisotopic (exact) mass is 485 g/mol. The number of benzene rings is 3. The van der Waals surface area contributed by atoms with Crippen LogP contribution in [0.15, 0.2) is 78.9 Å². The Kier molecular flexibility index (Phi) is 9.32. The summed E-state index contributed by atoms with van der Waals surface area (Å²) in [7, 11) is 0. The van der Waals surface area contributed by atoms with Crippen LogP contribution in [0.25, 0.3) is 0 Å². The number of piperidine rings is 1. The maximum absolute atomic E-state index is 11.7. The standard InChI is InChI=1S/C32H39NO3/c1-24(2)27-16-17-30(32(34)35)28(23-27)15-9-10-20-33-21-18-29(19-22-33)36-31(25-11-5-3-6-12-25)26-13-7-4-8-14-26/h3-8,11-14,16-17,23-24,29,31H,9-10,15,18-22H2,1-2H3,(H,34,35). The minimum atomic E-state index is -0.827. The van der Waals surface area contributed by atoms with Gasteiger partial charge in [0.15, 0.2) is 0 Å². The van der Waals surface area contributed by atoms with Crippen LogP contribution in [0, 0.1) is 0 Å². The molecule has 1 saturated heterocycles. The van der Waals surface area contributed by atoms with E-state index in [-0.39, 0.29) is 12.2 Å². The van der Waals surface area contributed by atoms with Crippen molar-refractivity contribution in [2.24, 2.45) is 0 Å². The molecule has 0 saturated carbocycles. The molecule has 4 rings (SSSR count). The number of carboxylic acids is 1. The molecule has 0 atom stereocenters. The van der Waals surface area contributed by atoms with Gasteiger partial charge in [0, 0.05) is 13.1 Å². The number of hydrogen-bond acceptors (Lipinski definition) is 3. The third kappa shape index (κ3) is 7.05. The summed E-state index contributed by atoms with van der Waals surface area (Å²) in [6.07, 6.45) is 5.19. The van der Waals surface area contributed by atoms with Crippen LogP contribution in [-0.4, -0.2) is 41.7 Å². The molecule has 4 nitrogen and oxygen atoms in total. The van der Waals surface area contributed by atoms with E-state index in [1.54, 1.807) is 6.07 Å². The Hall–Kier alpha value is -2.95. The Bertz CT molecular complexity index is 1050. The molecule has 0 aliphatic carbocycles. The lowest BCUT2D eigenvalue weighted by molar-refractivity contribution is -0.0270. The van der Waals surface area contributed by atoms with Gasteiger partial charge in [0.1, 0.15) is 6.10 Å². The molecular formula is C32H39NO3. The van der Waals surface area contributed by atoms with Gasteiger partial charge in [-0.1, -0.05) is 86.6 Å². The van der Waals surface area contributed by atoms with Crippen molar-refractivity contribution in [1.82, 2.24) is 4.90 Å². The average molecular weight is 486 g/mol. The van der Waals surface area contributed by atoms with E-state index in [4.69, 9.17) is 4.74 Å². The molecule has 0 bridgehead atoms. The van der Waals surface area contributed by atoms with Gasteiger partial charge in [0.2, 0.25) is 0 Å². The van der Waals surface area contributed by atoms with Crippen molar-refractivity contribution in [3.05, 3.63) is 107 Å². The molecule has 1 aliphatic rings. The molecule has 0 radical (unpaired) electrons. The van der Waals surface area contributed by atoms with Crippen LogP contribution >= 0.6 is 0 Å². The SMILES string of the molecule is CC(C)c1ccc(C(=O)O)c(CCCCN2CCC(OC(c3ccccc3)c3ccccc3)CC2)c1. The molecule has 0 aromatic heterocycles. The van der Waals surface area contributed by atoms with Gasteiger partial charge in [-0.3, -0.25) is 0 Å². The third-order valence-electron chi connectivity index (χ3n) is 7.26. The van der Waals surface area contributed by atoms with E-state index in [0.717, 1.165) is 57.3 Å². The average Bonchev–Trinajstić information content (AvgIpc) is 2.91. The summed E-state index contributed by atoms with van der Waals surface area (Å²) in [6.45, 7) is 7.44. The number of hydrogen-bond donors (Lipinski definition) is 1. The molecular weight excluding hydrogens is 446 g/mol. The normalized spacial score (nSPS) is 15.0. The summed E-state index contributed by atoms with van der Waals surface area (Å²) in [6, 6.07) is 26.8. The highest BCUT2D eigenvalue weighted by Crippen LogP contribution is 2.30. The Balaban J connectivity index is 1.26. The fourth-order valence-electron chi connectivity index (χ4n) is 5.11. The quantitative estimate of drug-likeness (QED) is 0.294. The van der Waals surface area contributed by atoms with Crippen molar-refractivity contribution < 1.29 is 14.6 Å². The molecule has 1 heterocycles. The molecule has 1 fully saturated rings. The van der Waals surface area contributed by atoms with Gasteiger partial charge in [-0.05, 0) is 72.9 Å². The van der Waals surface area contributed by atoms with Crippen LogP contribution in [0.3, 0.4) is 0 Å². The summed E-state index contributed by atoms with van der Waals surface area (Å²) in [5.41, 5.74) is 5.03. The van der Waals surface area contributed by atoms with Crippen LogP contribution in [-0.2, 0) is 11.2 Å². The van der Waals surface area contributed by atoms with E-state index >= 15 is 0 Å². The van der Waals surface area contributed by atoms with Crippen LogP contribution < -0.4 is 0 Å². The fourth-order valence-corrected chi connectivity index (χ4v) is 5.11. The Morgan fingerprint density at radius 3 is 2.06 bits per heavy atom. The fraction of sp³-hybridized carbons (Fsp3) is 0.406. The van der Waals surface area contributed by atoms with Gasteiger partial charge >= 0.3 is 5.97 Å². The number of unbranched alkanes of at least 4 members (excludes halogenated alkanes) is 1. The lowest BCUT2D eigenvalue weighted by atomic mass is 9.94. The highest BCUT2D eigenvalue weighted by atomic mass is 16.5. The van der Waals surface area contributed by atoms with E-state index in [0.29, 0.717) is 11.5 Å². The summed E-state index contributed by atoms with van der Waals surface area (Å²) in [4.78, 5) is 14.2. The first-order valence-electron chi connectivity index (χ1n) is 13.3. The van der Waals surface area contributed by atoms with Gasteiger partial charge in [0.05, 0.1) is 11.7 Å². The molecule has 0 amide bonds. The van der Waals surface area contributed by atoms with Crippen LogP contribution in [0.2, 0.25) is 0 Å². The zero-order valence-electron chi connectivity index (χ0n) is 21.6. The topological polar surface area (TPSA) is 49.8 Å². The minimum absolute atomic E-state index is 0.0333. The number of carboxylic acid groups (broad SMARTS) is 1. The number of carbonyl (C=O) groups is 1. The number of rotatable bonds is 11. The van der Waals surface area contributed by atoms with Gasteiger partial charge in [-0.15, -0.1) is 0 Å². The first-order valence-corrected chi connectivity index (χ1v) is 13.3. The third-order valence-corrected chi connectivity index (χ3v) is 7.26. The van der Waals surface area contributed by atoms with Crippen molar-refractivity contribution in [3.8, 4) is 0 Å². The van der Waals surface area contributed by atoms with Crippen molar-refractivity contribution in [2.75, 3.05) is 19.6 Å². The predicted octanol–water partition coefficient (Wildman–Crippen LogP) is 7.10. The van der Waals surface area contributed by atoms with Gasteiger partial charge < -0.3 is 14.7 Å². The minimum Gasteiger partial charge on any atom is -0.478 e. The second-order valence-electron chi connectivity index (χ2n) is 10.2. The number of aryl methyl sites for hydroxylation is 1. The zero-order chi connectivity index (χ0) is 25.3. The molecule has 1 N–H and O–H groups in total. The molecule has 3 aromatic rings. The molecule has 190 valence electrons. The zero-order valence-corrected chi connectivity index (χ0v) is 21.6. The Labute approximate surface area is 215 Å². The molecule has 0 unspecified atom stereocenters. The second-order valence-corrected chi connectivity index (χ2v) is 10.2. The van der Waals surface area contributed by atoms with E-state index in [1.165, 1.54) is 16.7 Å². The summed E-state index contributed by atoms with van der Waals surface area (Å²) in [5.74, 6) is -0.426. The van der Waals surface area contributed by atoms with E-state index in [9.17, 15) is 9.90 Å². The molecule has 36 heavy (non-hydrogen) atoms. The number of aromatic carboxylic acids is 1. The van der Waals surface area contributed by atoms with Crippen molar-refractivity contribution in [3.63, 3.8) is 0 Å². The lowest BCUT2D eigenvalue weighted by Crippen LogP contribution is -2.38.